The number of hydrogen-bond donors (Lipinski definition) is 2. The molecular weight excluding hydrogens is 220 g/mol. The van der Waals surface area contributed by atoms with Gasteiger partial charge in [-0.05, 0) is 31.0 Å². The van der Waals surface area contributed by atoms with Gasteiger partial charge in [0.1, 0.15) is 5.75 Å². The van der Waals surface area contributed by atoms with Crippen molar-refractivity contribution >= 4 is 6.03 Å². The van der Waals surface area contributed by atoms with Gasteiger partial charge in [0.25, 0.3) is 0 Å². The smallest absolute Gasteiger partial charge is 0.338 e. The summed E-state index contributed by atoms with van der Waals surface area (Å²) in [7, 11) is 3.03. The van der Waals surface area contributed by atoms with E-state index in [4.69, 9.17) is 4.74 Å². The lowest BCUT2D eigenvalue weighted by Gasteiger charge is -2.14. The van der Waals surface area contributed by atoms with E-state index in [1.54, 1.807) is 7.11 Å². The first-order chi connectivity index (χ1) is 8.15. The summed E-state index contributed by atoms with van der Waals surface area (Å²) in [4.78, 5) is 15.7. The molecule has 0 aliphatic rings. The van der Waals surface area contributed by atoms with E-state index in [1.165, 1.54) is 7.11 Å². The van der Waals surface area contributed by atoms with Gasteiger partial charge in [0, 0.05) is 6.04 Å². The summed E-state index contributed by atoms with van der Waals surface area (Å²) >= 11 is 0. The van der Waals surface area contributed by atoms with Crippen molar-refractivity contribution in [2.24, 2.45) is 0 Å². The molecule has 0 saturated heterocycles. The number of ether oxygens (including phenoxy) is 1. The number of carbonyl (C=O) groups excluding carboxylic acids is 1. The molecule has 0 aliphatic heterocycles. The Morgan fingerprint density at radius 1 is 1.41 bits per heavy atom. The standard InChI is InChI=1S/C12H18N2O3/c1-9(13-12(15)14-17-3)7-10-5-4-6-11(8-10)16-2/h4-6,8-9H,7H2,1-3H3,(H2,13,14,15). The molecule has 0 bridgehead atoms. The highest BCUT2D eigenvalue weighted by atomic mass is 16.6. The Morgan fingerprint density at radius 2 is 2.18 bits per heavy atom. The fraction of sp³-hybridized carbons (Fsp3) is 0.417. The number of hydrogen-bond acceptors (Lipinski definition) is 3. The molecule has 1 rings (SSSR count). The molecule has 5 heteroatoms. The van der Waals surface area contributed by atoms with Crippen LogP contribution in [0.15, 0.2) is 24.3 Å². The van der Waals surface area contributed by atoms with Crippen molar-refractivity contribution in [1.29, 1.82) is 0 Å². The van der Waals surface area contributed by atoms with E-state index >= 15 is 0 Å². The van der Waals surface area contributed by atoms with Crippen LogP contribution in [0.3, 0.4) is 0 Å². The van der Waals surface area contributed by atoms with Crippen molar-refractivity contribution in [1.82, 2.24) is 10.8 Å². The Morgan fingerprint density at radius 3 is 2.82 bits per heavy atom. The second-order valence-electron chi connectivity index (χ2n) is 3.74. The highest BCUT2D eigenvalue weighted by Crippen LogP contribution is 2.13. The number of nitrogens with one attached hydrogen (secondary N) is 2. The zero-order valence-corrected chi connectivity index (χ0v) is 10.3. The van der Waals surface area contributed by atoms with Crippen LogP contribution in [0, 0.1) is 0 Å². The number of amides is 2. The zero-order chi connectivity index (χ0) is 12.7. The number of urea groups is 1. The molecule has 1 unspecified atom stereocenters. The Kier molecular flexibility index (Phi) is 5.29. The number of hydroxylamine groups is 1. The lowest BCUT2D eigenvalue weighted by atomic mass is 10.1. The van der Waals surface area contributed by atoms with Gasteiger partial charge < -0.3 is 10.1 Å². The monoisotopic (exact) mass is 238 g/mol. The van der Waals surface area contributed by atoms with E-state index in [1.807, 2.05) is 31.2 Å². The summed E-state index contributed by atoms with van der Waals surface area (Å²) < 4.78 is 5.14. The molecule has 1 atom stereocenters. The van der Waals surface area contributed by atoms with Crippen LogP contribution in [-0.2, 0) is 11.3 Å². The maximum Gasteiger partial charge on any atom is 0.338 e. The number of benzene rings is 1. The molecule has 2 N–H and O–H groups in total. The minimum absolute atomic E-state index is 0.0113. The Bertz CT molecular complexity index is 369. The SMILES string of the molecule is CONC(=O)NC(C)Cc1cccc(OC)c1. The van der Waals surface area contributed by atoms with Crippen molar-refractivity contribution in [3.63, 3.8) is 0 Å². The molecule has 0 spiro atoms. The molecule has 94 valence electrons. The van der Waals surface area contributed by atoms with Crippen LogP contribution < -0.4 is 15.5 Å². The van der Waals surface area contributed by atoms with E-state index < -0.39 is 0 Å². The number of carbonyl (C=O) groups is 1. The largest absolute Gasteiger partial charge is 0.497 e. The van der Waals surface area contributed by atoms with Gasteiger partial charge in [-0.25, -0.2) is 10.3 Å². The predicted molar refractivity (Wildman–Crippen MR) is 64.8 cm³/mol. The third-order valence-corrected chi connectivity index (χ3v) is 2.25. The van der Waals surface area contributed by atoms with Crippen LogP contribution in [0.1, 0.15) is 12.5 Å². The predicted octanol–water partition coefficient (Wildman–Crippen LogP) is 1.49. The Hall–Kier alpha value is -1.75. The summed E-state index contributed by atoms with van der Waals surface area (Å²) in [6, 6.07) is 7.43. The van der Waals surface area contributed by atoms with Crippen LogP contribution in [0.4, 0.5) is 4.79 Å². The van der Waals surface area contributed by atoms with E-state index in [2.05, 4.69) is 15.6 Å². The van der Waals surface area contributed by atoms with Crippen molar-refractivity contribution in [3.8, 4) is 5.75 Å². The maximum atomic E-state index is 11.2. The van der Waals surface area contributed by atoms with Crippen molar-refractivity contribution in [3.05, 3.63) is 29.8 Å². The lowest BCUT2D eigenvalue weighted by molar-refractivity contribution is 0.106. The number of rotatable bonds is 5. The van der Waals surface area contributed by atoms with Gasteiger partial charge in [0.05, 0.1) is 14.2 Å². The van der Waals surface area contributed by atoms with E-state index in [-0.39, 0.29) is 12.1 Å². The number of methoxy groups -OCH3 is 1. The maximum absolute atomic E-state index is 11.2. The van der Waals surface area contributed by atoms with Gasteiger partial charge in [0.2, 0.25) is 0 Å². The normalized spacial score (nSPS) is 11.7. The first-order valence-electron chi connectivity index (χ1n) is 5.38. The molecule has 2 amide bonds. The summed E-state index contributed by atoms with van der Waals surface area (Å²) in [6.07, 6.45) is 0.730. The molecule has 0 fully saturated rings. The van der Waals surface area contributed by atoms with Crippen LogP contribution in [0.25, 0.3) is 0 Å². The molecule has 0 heterocycles. The van der Waals surface area contributed by atoms with Gasteiger partial charge in [-0.1, -0.05) is 12.1 Å². The molecule has 17 heavy (non-hydrogen) atoms. The fourth-order valence-corrected chi connectivity index (χ4v) is 1.55. The zero-order valence-electron chi connectivity index (χ0n) is 10.3. The van der Waals surface area contributed by atoms with Crippen molar-refractivity contribution < 1.29 is 14.4 Å². The Balaban J connectivity index is 2.49. The summed E-state index contributed by atoms with van der Waals surface area (Å²) in [5.41, 5.74) is 3.32. The second-order valence-corrected chi connectivity index (χ2v) is 3.74. The van der Waals surface area contributed by atoms with E-state index in [9.17, 15) is 4.79 Å². The third-order valence-electron chi connectivity index (χ3n) is 2.25. The first kappa shape index (κ1) is 13.3. The highest BCUT2D eigenvalue weighted by Gasteiger charge is 2.07. The van der Waals surface area contributed by atoms with Gasteiger partial charge in [-0.2, -0.15) is 0 Å². The molecule has 1 aromatic rings. The van der Waals surface area contributed by atoms with Gasteiger partial charge >= 0.3 is 6.03 Å². The molecule has 5 nitrogen and oxygen atoms in total. The molecule has 0 aliphatic carbocycles. The molecule has 0 radical (unpaired) electrons. The van der Waals surface area contributed by atoms with Gasteiger partial charge in [-0.3, -0.25) is 4.84 Å². The third kappa shape index (κ3) is 4.74. The molecule has 1 aromatic carbocycles. The summed E-state index contributed by atoms with van der Waals surface area (Å²) in [5.74, 6) is 0.816. The van der Waals surface area contributed by atoms with Gasteiger partial charge in [0.15, 0.2) is 0 Å². The average molecular weight is 238 g/mol. The Labute approximate surface area is 101 Å². The first-order valence-corrected chi connectivity index (χ1v) is 5.38. The second kappa shape index (κ2) is 6.75. The lowest BCUT2D eigenvalue weighted by Crippen LogP contribution is -2.41. The van der Waals surface area contributed by atoms with Crippen molar-refractivity contribution in [2.75, 3.05) is 14.2 Å². The fourth-order valence-electron chi connectivity index (χ4n) is 1.55. The molecule has 0 aromatic heterocycles. The van der Waals surface area contributed by atoms with E-state index in [0.29, 0.717) is 0 Å². The minimum Gasteiger partial charge on any atom is -0.497 e. The molecular formula is C12H18N2O3. The van der Waals surface area contributed by atoms with Crippen molar-refractivity contribution in [2.45, 2.75) is 19.4 Å². The van der Waals surface area contributed by atoms with Crippen LogP contribution in [0.5, 0.6) is 5.75 Å². The topological polar surface area (TPSA) is 59.6 Å². The van der Waals surface area contributed by atoms with Gasteiger partial charge in [-0.15, -0.1) is 0 Å². The summed E-state index contributed by atoms with van der Waals surface area (Å²) in [5, 5.41) is 2.75. The summed E-state index contributed by atoms with van der Waals surface area (Å²) in [6.45, 7) is 1.93. The molecule has 0 saturated carbocycles. The minimum atomic E-state index is -0.345. The van der Waals surface area contributed by atoms with E-state index in [0.717, 1.165) is 17.7 Å². The van der Waals surface area contributed by atoms with Crippen LogP contribution in [-0.4, -0.2) is 26.3 Å². The van der Waals surface area contributed by atoms with Crippen LogP contribution >= 0.6 is 0 Å². The quantitative estimate of drug-likeness (QED) is 0.764. The average Bonchev–Trinajstić information content (AvgIpc) is 2.29. The highest BCUT2D eigenvalue weighted by molar-refractivity contribution is 5.72. The van der Waals surface area contributed by atoms with Crippen LogP contribution in [0.2, 0.25) is 0 Å².